The summed E-state index contributed by atoms with van der Waals surface area (Å²) in [6.45, 7) is 5.57. The summed E-state index contributed by atoms with van der Waals surface area (Å²) in [5.41, 5.74) is 6.70. The highest BCUT2D eigenvalue weighted by atomic mass is 32.2. The predicted octanol–water partition coefficient (Wildman–Crippen LogP) is 0.777. The van der Waals surface area contributed by atoms with Crippen molar-refractivity contribution in [2.24, 2.45) is 0 Å². The Hall–Kier alpha value is -2.16. The standard InChI is InChI=1S/C12H18N6O2S/c1-7(2)16-12-10(21(4,19)20)11(13)18(17-12)9-5-8(3)14-6-15-9/h5-7H,13H2,1-4H3,(H,16,17). The molecule has 0 atom stereocenters. The third kappa shape index (κ3) is 3.13. The monoisotopic (exact) mass is 310 g/mol. The van der Waals surface area contributed by atoms with Crippen molar-refractivity contribution in [3.8, 4) is 5.82 Å². The first-order chi connectivity index (χ1) is 9.70. The molecule has 8 nitrogen and oxygen atoms in total. The third-order valence-corrected chi connectivity index (χ3v) is 3.82. The molecule has 9 heteroatoms. The first kappa shape index (κ1) is 15.2. The molecule has 0 aliphatic rings. The minimum atomic E-state index is -3.52. The van der Waals surface area contributed by atoms with Gasteiger partial charge in [-0.15, -0.1) is 5.10 Å². The number of rotatable bonds is 4. The van der Waals surface area contributed by atoms with Crippen LogP contribution in [-0.4, -0.2) is 40.5 Å². The Labute approximate surface area is 123 Å². The number of sulfone groups is 1. The largest absolute Gasteiger partial charge is 0.382 e. The molecule has 2 rings (SSSR count). The van der Waals surface area contributed by atoms with Crippen molar-refractivity contribution in [3.63, 3.8) is 0 Å². The number of nitrogens with one attached hydrogen (secondary N) is 1. The molecule has 2 aromatic heterocycles. The van der Waals surface area contributed by atoms with Crippen LogP contribution in [0.1, 0.15) is 19.5 Å². The third-order valence-electron chi connectivity index (χ3n) is 2.68. The smallest absolute Gasteiger partial charge is 0.182 e. The molecule has 0 aliphatic heterocycles. The molecule has 21 heavy (non-hydrogen) atoms. The van der Waals surface area contributed by atoms with Gasteiger partial charge in [0.05, 0.1) is 0 Å². The maximum Gasteiger partial charge on any atom is 0.182 e. The summed E-state index contributed by atoms with van der Waals surface area (Å²) < 4.78 is 25.2. The van der Waals surface area contributed by atoms with Crippen molar-refractivity contribution in [1.29, 1.82) is 0 Å². The van der Waals surface area contributed by atoms with Gasteiger partial charge >= 0.3 is 0 Å². The van der Waals surface area contributed by atoms with Crippen LogP contribution in [-0.2, 0) is 9.84 Å². The van der Waals surface area contributed by atoms with Gasteiger partial charge in [0.2, 0.25) is 0 Å². The van der Waals surface area contributed by atoms with E-state index in [0.29, 0.717) is 5.82 Å². The van der Waals surface area contributed by atoms with E-state index < -0.39 is 9.84 Å². The summed E-state index contributed by atoms with van der Waals surface area (Å²) in [4.78, 5) is 8.05. The van der Waals surface area contributed by atoms with Gasteiger partial charge in [0.1, 0.15) is 12.1 Å². The van der Waals surface area contributed by atoms with E-state index in [0.717, 1.165) is 11.9 Å². The van der Waals surface area contributed by atoms with Crippen LogP contribution in [0, 0.1) is 6.92 Å². The first-order valence-electron chi connectivity index (χ1n) is 6.34. The summed E-state index contributed by atoms with van der Waals surface area (Å²) in [5, 5.41) is 7.23. The average Bonchev–Trinajstić information content (AvgIpc) is 2.64. The quantitative estimate of drug-likeness (QED) is 0.857. The van der Waals surface area contributed by atoms with Crippen LogP contribution >= 0.6 is 0 Å². The average molecular weight is 310 g/mol. The Bertz CT molecular complexity index is 766. The van der Waals surface area contributed by atoms with Gasteiger partial charge in [0, 0.05) is 24.1 Å². The van der Waals surface area contributed by atoms with Crippen molar-refractivity contribution >= 4 is 21.5 Å². The Morgan fingerprint density at radius 1 is 1.33 bits per heavy atom. The zero-order valence-corrected chi connectivity index (χ0v) is 13.1. The molecule has 0 fully saturated rings. The van der Waals surface area contributed by atoms with E-state index in [1.54, 1.807) is 13.0 Å². The lowest BCUT2D eigenvalue weighted by Gasteiger charge is -2.07. The predicted molar refractivity (Wildman–Crippen MR) is 80.2 cm³/mol. The maximum absolute atomic E-state index is 12.0. The summed E-state index contributed by atoms with van der Waals surface area (Å²) in [5.74, 6) is 0.668. The molecule has 3 N–H and O–H groups in total. The minimum absolute atomic E-state index is 0.0142. The lowest BCUT2D eigenvalue weighted by molar-refractivity contribution is 0.602. The van der Waals surface area contributed by atoms with Gasteiger partial charge in [-0.05, 0) is 20.8 Å². The molecule has 0 aliphatic carbocycles. The lowest BCUT2D eigenvalue weighted by Crippen LogP contribution is -2.13. The molecule has 0 radical (unpaired) electrons. The fraction of sp³-hybridized carbons (Fsp3) is 0.417. The van der Waals surface area contributed by atoms with Crippen LogP contribution < -0.4 is 11.1 Å². The Kier molecular flexibility index (Phi) is 3.86. The van der Waals surface area contributed by atoms with Crippen molar-refractivity contribution in [2.75, 3.05) is 17.3 Å². The molecule has 114 valence electrons. The van der Waals surface area contributed by atoms with Crippen molar-refractivity contribution in [3.05, 3.63) is 18.1 Å². The highest BCUT2D eigenvalue weighted by Crippen LogP contribution is 2.29. The number of anilines is 2. The van der Waals surface area contributed by atoms with Gasteiger partial charge in [-0.3, -0.25) is 0 Å². The summed E-state index contributed by atoms with van der Waals surface area (Å²) >= 11 is 0. The van der Waals surface area contributed by atoms with E-state index in [1.807, 2.05) is 13.8 Å². The second-order valence-corrected chi connectivity index (χ2v) is 7.02. The number of aryl methyl sites for hydroxylation is 1. The topological polar surface area (TPSA) is 116 Å². The van der Waals surface area contributed by atoms with Crippen LogP contribution in [0.3, 0.4) is 0 Å². The summed E-state index contributed by atoms with van der Waals surface area (Å²) in [6, 6.07) is 1.69. The van der Waals surface area contributed by atoms with Gasteiger partial charge in [-0.2, -0.15) is 4.68 Å². The van der Waals surface area contributed by atoms with Crippen molar-refractivity contribution in [2.45, 2.75) is 31.7 Å². The molecular formula is C12H18N6O2S. The van der Waals surface area contributed by atoms with Crippen LogP contribution in [0.15, 0.2) is 17.3 Å². The molecule has 2 heterocycles. The van der Waals surface area contributed by atoms with Crippen LogP contribution in [0.2, 0.25) is 0 Å². The first-order valence-corrected chi connectivity index (χ1v) is 8.23. The second kappa shape index (κ2) is 5.32. The number of aromatic nitrogens is 4. The van der Waals surface area contributed by atoms with E-state index in [1.165, 1.54) is 11.0 Å². The lowest BCUT2D eigenvalue weighted by atomic mass is 10.4. The van der Waals surface area contributed by atoms with Gasteiger partial charge < -0.3 is 11.1 Å². The summed E-state index contributed by atoms with van der Waals surface area (Å²) in [7, 11) is -3.52. The van der Waals surface area contributed by atoms with Gasteiger partial charge in [-0.1, -0.05) is 0 Å². The molecule has 0 saturated heterocycles. The molecule has 0 aromatic carbocycles. The highest BCUT2D eigenvalue weighted by molar-refractivity contribution is 7.91. The Balaban J connectivity index is 2.67. The van der Waals surface area contributed by atoms with Crippen LogP contribution in [0.5, 0.6) is 0 Å². The van der Waals surface area contributed by atoms with Gasteiger partial charge in [0.25, 0.3) is 0 Å². The van der Waals surface area contributed by atoms with E-state index in [4.69, 9.17) is 5.73 Å². The highest BCUT2D eigenvalue weighted by Gasteiger charge is 2.25. The molecule has 0 saturated carbocycles. The summed E-state index contributed by atoms with van der Waals surface area (Å²) in [6.07, 6.45) is 2.48. The minimum Gasteiger partial charge on any atom is -0.382 e. The molecule has 0 amide bonds. The van der Waals surface area contributed by atoms with Gasteiger partial charge in [0.15, 0.2) is 26.4 Å². The van der Waals surface area contributed by atoms with E-state index in [9.17, 15) is 8.42 Å². The fourth-order valence-corrected chi connectivity index (χ4v) is 2.80. The number of nitrogen functional groups attached to an aromatic ring is 1. The molecule has 0 spiro atoms. The molecule has 2 aromatic rings. The SMILES string of the molecule is Cc1cc(-n2nc(NC(C)C)c(S(C)(=O)=O)c2N)ncn1. The zero-order valence-electron chi connectivity index (χ0n) is 12.3. The van der Waals surface area contributed by atoms with E-state index >= 15 is 0 Å². The number of nitrogens with zero attached hydrogens (tertiary/aromatic N) is 4. The number of hydrogen-bond donors (Lipinski definition) is 2. The van der Waals surface area contributed by atoms with Gasteiger partial charge in [-0.25, -0.2) is 18.4 Å². The molecule has 0 bridgehead atoms. The van der Waals surface area contributed by atoms with Crippen molar-refractivity contribution < 1.29 is 8.42 Å². The maximum atomic E-state index is 12.0. The molecule has 0 unspecified atom stereocenters. The van der Waals surface area contributed by atoms with E-state index in [-0.39, 0.29) is 22.6 Å². The molecular weight excluding hydrogens is 292 g/mol. The fourth-order valence-electron chi connectivity index (χ4n) is 1.88. The zero-order chi connectivity index (χ0) is 15.8. The Morgan fingerprint density at radius 2 is 2.00 bits per heavy atom. The number of nitrogens with two attached hydrogens (primary N) is 1. The van der Waals surface area contributed by atoms with Crippen LogP contribution in [0.25, 0.3) is 5.82 Å². The Morgan fingerprint density at radius 3 is 2.52 bits per heavy atom. The normalized spacial score (nSPS) is 11.9. The number of hydrogen-bond acceptors (Lipinski definition) is 7. The van der Waals surface area contributed by atoms with Crippen LogP contribution in [0.4, 0.5) is 11.6 Å². The van der Waals surface area contributed by atoms with Crippen molar-refractivity contribution in [1.82, 2.24) is 19.7 Å². The van der Waals surface area contributed by atoms with E-state index in [2.05, 4.69) is 20.4 Å². The second-order valence-electron chi connectivity index (χ2n) is 5.06.